The summed E-state index contributed by atoms with van der Waals surface area (Å²) in [5.41, 5.74) is 2.07. The molecule has 0 amide bonds. The molecule has 0 radical (unpaired) electrons. The number of aldehydes is 1. The van der Waals surface area contributed by atoms with Crippen LogP contribution in [0.1, 0.15) is 15.9 Å². The predicted octanol–water partition coefficient (Wildman–Crippen LogP) is 4.42. The smallest absolute Gasteiger partial charge is 0.169 e. The third kappa shape index (κ3) is 3.09. The highest BCUT2D eigenvalue weighted by atomic mass is 79.9. The van der Waals surface area contributed by atoms with Crippen LogP contribution in [0.3, 0.4) is 0 Å². The van der Waals surface area contributed by atoms with E-state index in [2.05, 4.69) is 21.0 Å². The van der Waals surface area contributed by atoms with Crippen molar-refractivity contribution in [3.05, 3.63) is 63.4 Å². The monoisotopic (exact) mass is 364 g/mol. The number of carbonyl (C=O) groups excluding carboxylic acids is 1. The van der Waals surface area contributed by atoms with Crippen molar-refractivity contribution < 1.29 is 9.21 Å². The van der Waals surface area contributed by atoms with Gasteiger partial charge in [-0.15, -0.1) is 0 Å². The number of rotatable bonds is 4. The SMILES string of the molecule is O=Cc1cn(Cc2ccc(Cl)cc2)nc1-c1ccc(Br)o1. The van der Waals surface area contributed by atoms with E-state index in [0.717, 1.165) is 11.8 Å². The predicted molar refractivity (Wildman–Crippen MR) is 83.6 cm³/mol. The van der Waals surface area contributed by atoms with Crippen LogP contribution in [0.15, 0.2) is 51.7 Å². The topological polar surface area (TPSA) is 48.0 Å². The lowest BCUT2D eigenvalue weighted by Crippen LogP contribution is -2.00. The van der Waals surface area contributed by atoms with Crippen LogP contribution >= 0.6 is 27.5 Å². The van der Waals surface area contributed by atoms with E-state index >= 15 is 0 Å². The average molecular weight is 366 g/mol. The third-order valence-corrected chi connectivity index (χ3v) is 3.66. The van der Waals surface area contributed by atoms with Gasteiger partial charge in [-0.25, -0.2) is 0 Å². The van der Waals surface area contributed by atoms with E-state index in [0.29, 0.717) is 33.3 Å². The van der Waals surface area contributed by atoms with E-state index < -0.39 is 0 Å². The van der Waals surface area contributed by atoms with Gasteiger partial charge in [0.2, 0.25) is 0 Å². The molecule has 3 aromatic rings. The fourth-order valence-electron chi connectivity index (χ4n) is 2.01. The molecule has 2 heterocycles. The average Bonchev–Trinajstić information content (AvgIpc) is 3.07. The van der Waals surface area contributed by atoms with Gasteiger partial charge in [0.15, 0.2) is 16.7 Å². The largest absolute Gasteiger partial charge is 0.448 e. The summed E-state index contributed by atoms with van der Waals surface area (Å²) in [5.74, 6) is 0.554. The molecule has 0 aliphatic carbocycles. The highest BCUT2D eigenvalue weighted by Gasteiger charge is 2.14. The van der Waals surface area contributed by atoms with Gasteiger partial charge in [0, 0.05) is 11.2 Å². The van der Waals surface area contributed by atoms with Crippen molar-refractivity contribution in [2.24, 2.45) is 0 Å². The second-order valence-electron chi connectivity index (χ2n) is 4.48. The summed E-state index contributed by atoms with van der Waals surface area (Å²) in [4.78, 5) is 11.2. The molecule has 0 unspecified atom stereocenters. The Morgan fingerprint density at radius 1 is 1.24 bits per heavy atom. The van der Waals surface area contributed by atoms with E-state index in [9.17, 15) is 4.79 Å². The van der Waals surface area contributed by atoms with Crippen LogP contribution in [-0.4, -0.2) is 16.1 Å². The molecule has 4 nitrogen and oxygen atoms in total. The fraction of sp³-hybridized carbons (Fsp3) is 0.0667. The number of furan rings is 1. The maximum Gasteiger partial charge on any atom is 0.169 e. The number of hydrogen-bond donors (Lipinski definition) is 0. The number of halogens is 2. The molecule has 0 bridgehead atoms. The first-order chi connectivity index (χ1) is 10.2. The van der Waals surface area contributed by atoms with Crippen molar-refractivity contribution in [3.8, 4) is 11.5 Å². The fourth-order valence-corrected chi connectivity index (χ4v) is 2.45. The lowest BCUT2D eigenvalue weighted by Gasteiger charge is -2.01. The van der Waals surface area contributed by atoms with Crippen LogP contribution in [0.4, 0.5) is 0 Å². The molecule has 106 valence electrons. The van der Waals surface area contributed by atoms with Gasteiger partial charge < -0.3 is 4.42 Å². The van der Waals surface area contributed by atoms with Crippen LogP contribution < -0.4 is 0 Å². The van der Waals surface area contributed by atoms with Crippen LogP contribution in [0.5, 0.6) is 0 Å². The summed E-state index contributed by atoms with van der Waals surface area (Å²) in [6.07, 6.45) is 2.48. The lowest BCUT2D eigenvalue weighted by atomic mass is 10.2. The second-order valence-corrected chi connectivity index (χ2v) is 5.70. The first kappa shape index (κ1) is 14.1. The summed E-state index contributed by atoms with van der Waals surface area (Å²) in [5, 5.41) is 5.11. The molecule has 0 saturated carbocycles. The molecule has 0 aliphatic heterocycles. The highest BCUT2D eigenvalue weighted by Crippen LogP contribution is 2.26. The maximum atomic E-state index is 11.2. The normalized spacial score (nSPS) is 10.8. The molecule has 1 aromatic carbocycles. The number of carbonyl (C=O) groups is 1. The minimum atomic E-state index is 0.491. The van der Waals surface area contributed by atoms with E-state index in [1.807, 2.05) is 24.3 Å². The van der Waals surface area contributed by atoms with Crippen molar-refractivity contribution in [1.82, 2.24) is 9.78 Å². The lowest BCUT2D eigenvalue weighted by molar-refractivity contribution is 0.112. The Morgan fingerprint density at radius 2 is 2.00 bits per heavy atom. The van der Waals surface area contributed by atoms with Gasteiger partial charge in [-0.2, -0.15) is 5.10 Å². The molecule has 21 heavy (non-hydrogen) atoms. The molecule has 0 spiro atoms. The van der Waals surface area contributed by atoms with Gasteiger partial charge in [0.25, 0.3) is 0 Å². The Bertz CT molecular complexity index is 777. The van der Waals surface area contributed by atoms with Crippen molar-refractivity contribution in [2.45, 2.75) is 6.54 Å². The zero-order valence-corrected chi connectivity index (χ0v) is 13.1. The maximum absolute atomic E-state index is 11.2. The highest BCUT2D eigenvalue weighted by molar-refractivity contribution is 9.10. The Morgan fingerprint density at radius 3 is 2.62 bits per heavy atom. The second kappa shape index (κ2) is 5.87. The Hall–Kier alpha value is -1.85. The first-order valence-corrected chi connectivity index (χ1v) is 7.35. The van der Waals surface area contributed by atoms with Crippen molar-refractivity contribution in [1.29, 1.82) is 0 Å². The van der Waals surface area contributed by atoms with E-state index in [4.69, 9.17) is 16.0 Å². The van der Waals surface area contributed by atoms with Gasteiger partial charge in [-0.3, -0.25) is 9.48 Å². The zero-order valence-electron chi connectivity index (χ0n) is 10.8. The number of aromatic nitrogens is 2. The molecule has 0 atom stereocenters. The summed E-state index contributed by atoms with van der Waals surface area (Å²) >= 11 is 9.10. The molecule has 0 fully saturated rings. The Kier molecular flexibility index (Phi) is 3.94. The van der Waals surface area contributed by atoms with Gasteiger partial charge in [-0.1, -0.05) is 23.7 Å². The van der Waals surface area contributed by atoms with E-state index in [-0.39, 0.29) is 0 Å². The van der Waals surface area contributed by atoms with Gasteiger partial charge in [0.1, 0.15) is 5.69 Å². The molecule has 0 aliphatic rings. The summed E-state index contributed by atoms with van der Waals surface area (Å²) in [6.45, 7) is 0.555. The molecule has 6 heteroatoms. The van der Waals surface area contributed by atoms with Gasteiger partial charge >= 0.3 is 0 Å². The molecule has 0 saturated heterocycles. The van der Waals surface area contributed by atoms with Crippen LogP contribution in [-0.2, 0) is 6.54 Å². The quantitative estimate of drug-likeness (QED) is 0.643. The first-order valence-electron chi connectivity index (χ1n) is 6.18. The molecular formula is C15H10BrClN2O2. The molecule has 0 N–H and O–H groups in total. The van der Waals surface area contributed by atoms with Gasteiger partial charge in [-0.05, 0) is 45.8 Å². The van der Waals surface area contributed by atoms with Crippen molar-refractivity contribution in [2.75, 3.05) is 0 Å². The van der Waals surface area contributed by atoms with Crippen LogP contribution in [0.25, 0.3) is 11.5 Å². The van der Waals surface area contributed by atoms with Crippen LogP contribution in [0, 0.1) is 0 Å². The molecular weight excluding hydrogens is 356 g/mol. The number of benzene rings is 1. The third-order valence-electron chi connectivity index (χ3n) is 2.98. The van der Waals surface area contributed by atoms with Crippen molar-refractivity contribution >= 4 is 33.8 Å². The molecule has 2 aromatic heterocycles. The van der Waals surface area contributed by atoms with Crippen LogP contribution in [0.2, 0.25) is 5.02 Å². The van der Waals surface area contributed by atoms with E-state index in [1.165, 1.54) is 0 Å². The Labute approximate surface area is 134 Å². The summed E-state index contributed by atoms with van der Waals surface area (Å²) in [7, 11) is 0. The number of hydrogen-bond acceptors (Lipinski definition) is 3. The van der Waals surface area contributed by atoms with Crippen molar-refractivity contribution in [3.63, 3.8) is 0 Å². The number of nitrogens with zero attached hydrogens (tertiary/aromatic N) is 2. The zero-order chi connectivity index (χ0) is 14.8. The van der Waals surface area contributed by atoms with Gasteiger partial charge in [0.05, 0.1) is 12.1 Å². The van der Waals surface area contributed by atoms with E-state index in [1.54, 1.807) is 23.0 Å². The summed E-state index contributed by atoms with van der Waals surface area (Å²) in [6, 6.07) is 11.0. The minimum Gasteiger partial charge on any atom is -0.448 e. The Balaban J connectivity index is 1.92. The summed E-state index contributed by atoms with van der Waals surface area (Å²) < 4.78 is 7.76. The minimum absolute atomic E-state index is 0.491. The standard InChI is InChI=1S/C15H10BrClN2O2/c16-14-6-5-13(21-14)15-11(9-20)8-19(18-15)7-10-1-3-12(17)4-2-10/h1-6,8-9H,7H2. The molecule has 3 rings (SSSR count).